The predicted molar refractivity (Wildman–Crippen MR) is 109 cm³/mol. The molecular formula is C21H22N4O7. The smallest absolute Gasteiger partial charge is 0.338 e. The van der Waals surface area contributed by atoms with Crippen LogP contribution in [0.5, 0.6) is 0 Å². The maximum Gasteiger partial charge on any atom is 0.338 e. The Morgan fingerprint density at radius 2 is 1.91 bits per heavy atom. The fourth-order valence-electron chi connectivity index (χ4n) is 2.96. The standard InChI is InChI=1S/C21H22N4O7/c1-4-32-15(26)12-23-17-14(10-22)19(27)25(24-11-13-8-6-5-7-9-13)18(21(29)31-3)16(17)20(28)30-2/h5-9,11,14,18,23H,4,12H2,1-3H3/b24-11+. The molecule has 1 aromatic carbocycles. The number of amides is 1. The van der Waals surface area contributed by atoms with Gasteiger partial charge in [-0.05, 0) is 12.5 Å². The number of carbonyl (C=O) groups is 4. The second-order valence-corrected chi connectivity index (χ2v) is 6.30. The lowest BCUT2D eigenvalue weighted by molar-refractivity contribution is -0.155. The van der Waals surface area contributed by atoms with Crippen molar-refractivity contribution in [1.82, 2.24) is 10.3 Å². The maximum absolute atomic E-state index is 13.1. The van der Waals surface area contributed by atoms with Crippen molar-refractivity contribution in [1.29, 1.82) is 5.26 Å². The number of carbonyl (C=O) groups excluding carboxylic acids is 4. The van der Waals surface area contributed by atoms with Crippen LogP contribution in [0.25, 0.3) is 0 Å². The molecule has 2 rings (SSSR count). The average Bonchev–Trinajstić information content (AvgIpc) is 2.81. The van der Waals surface area contributed by atoms with Crippen molar-refractivity contribution in [2.45, 2.75) is 13.0 Å². The first-order valence-electron chi connectivity index (χ1n) is 9.50. The summed E-state index contributed by atoms with van der Waals surface area (Å²) >= 11 is 0. The van der Waals surface area contributed by atoms with Crippen LogP contribution in [-0.2, 0) is 33.4 Å². The molecule has 0 bridgehead atoms. The highest BCUT2D eigenvalue weighted by molar-refractivity contribution is 6.04. The van der Waals surface area contributed by atoms with Crippen LogP contribution in [-0.4, -0.2) is 68.5 Å². The molecule has 1 aliphatic heterocycles. The third-order valence-electron chi connectivity index (χ3n) is 4.39. The zero-order valence-electron chi connectivity index (χ0n) is 17.7. The molecule has 1 amide bonds. The van der Waals surface area contributed by atoms with Crippen molar-refractivity contribution in [2.75, 3.05) is 27.4 Å². The third-order valence-corrected chi connectivity index (χ3v) is 4.39. The van der Waals surface area contributed by atoms with Crippen molar-refractivity contribution >= 4 is 30.0 Å². The molecule has 168 valence electrons. The van der Waals surface area contributed by atoms with Crippen LogP contribution in [0.2, 0.25) is 0 Å². The molecule has 1 aliphatic rings. The van der Waals surface area contributed by atoms with Crippen LogP contribution >= 0.6 is 0 Å². The Labute approximate surface area is 184 Å². The van der Waals surface area contributed by atoms with Gasteiger partial charge in [-0.3, -0.25) is 9.59 Å². The molecule has 32 heavy (non-hydrogen) atoms. The van der Waals surface area contributed by atoms with E-state index in [1.165, 1.54) is 6.21 Å². The van der Waals surface area contributed by atoms with Gasteiger partial charge in [0.2, 0.25) is 0 Å². The number of rotatable bonds is 8. The van der Waals surface area contributed by atoms with Crippen LogP contribution in [0.4, 0.5) is 0 Å². The number of esters is 3. The molecule has 1 heterocycles. The van der Waals surface area contributed by atoms with Gasteiger partial charge in [-0.25, -0.2) is 14.6 Å². The fraction of sp³-hybridized carbons (Fsp3) is 0.333. The average molecular weight is 442 g/mol. The summed E-state index contributed by atoms with van der Waals surface area (Å²) in [6.07, 6.45) is 1.30. The number of hydrogen-bond donors (Lipinski definition) is 1. The summed E-state index contributed by atoms with van der Waals surface area (Å²) < 4.78 is 14.4. The predicted octanol–water partition coefficient (Wildman–Crippen LogP) is 0.124. The zero-order chi connectivity index (χ0) is 23.7. The number of benzene rings is 1. The quantitative estimate of drug-likeness (QED) is 0.337. The number of hydrazone groups is 1. The zero-order valence-corrected chi connectivity index (χ0v) is 17.7. The van der Waals surface area contributed by atoms with Gasteiger partial charge >= 0.3 is 17.9 Å². The largest absolute Gasteiger partial charge is 0.467 e. The molecule has 0 spiro atoms. The van der Waals surface area contributed by atoms with E-state index in [0.29, 0.717) is 10.6 Å². The summed E-state index contributed by atoms with van der Waals surface area (Å²) in [6.45, 7) is 1.27. The molecule has 0 aromatic heterocycles. The summed E-state index contributed by atoms with van der Waals surface area (Å²) in [4.78, 5) is 50.1. The number of methoxy groups -OCH3 is 2. The Bertz CT molecular complexity index is 982. The SMILES string of the molecule is CCOC(=O)CNC1=C(C(=O)OC)C(C(=O)OC)N(/N=C/c2ccccc2)C(=O)C1C#N. The van der Waals surface area contributed by atoms with E-state index < -0.39 is 42.3 Å². The number of nitrogens with zero attached hydrogens (tertiary/aromatic N) is 3. The minimum atomic E-state index is -1.64. The second kappa shape index (κ2) is 11.3. The lowest BCUT2D eigenvalue weighted by Gasteiger charge is -2.34. The molecule has 0 fully saturated rings. The topological polar surface area (TPSA) is 147 Å². The highest BCUT2D eigenvalue weighted by Crippen LogP contribution is 2.30. The van der Waals surface area contributed by atoms with Crippen molar-refractivity contribution in [3.63, 3.8) is 0 Å². The molecule has 1 N–H and O–H groups in total. The molecule has 2 unspecified atom stereocenters. The minimum absolute atomic E-state index is 0.108. The van der Waals surface area contributed by atoms with Gasteiger partial charge in [0, 0.05) is 0 Å². The van der Waals surface area contributed by atoms with E-state index in [9.17, 15) is 24.4 Å². The summed E-state index contributed by atoms with van der Waals surface area (Å²) in [7, 11) is 2.14. The number of hydrogen-bond acceptors (Lipinski definition) is 10. The van der Waals surface area contributed by atoms with E-state index >= 15 is 0 Å². The highest BCUT2D eigenvalue weighted by atomic mass is 16.5. The summed E-state index contributed by atoms with van der Waals surface area (Å²) in [6, 6.07) is 8.81. The number of nitrogens with one attached hydrogen (secondary N) is 1. The Hall–Kier alpha value is -4.20. The van der Waals surface area contributed by atoms with Crippen LogP contribution in [0, 0.1) is 17.2 Å². The maximum atomic E-state index is 13.1. The Kier molecular flexibility index (Phi) is 8.47. The van der Waals surface area contributed by atoms with Crippen LogP contribution in [0.15, 0.2) is 46.7 Å². The lowest BCUT2D eigenvalue weighted by Crippen LogP contribution is -2.54. The molecule has 2 atom stereocenters. The second-order valence-electron chi connectivity index (χ2n) is 6.30. The first-order chi connectivity index (χ1) is 15.4. The number of nitriles is 1. The lowest BCUT2D eigenvalue weighted by atomic mass is 9.90. The molecule has 1 aromatic rings. The first kappa shape index (κ1) is 24.1. The van der Waals surface area contributed by atoms with Crippen molar-refractivity contribution in [3.05, 3.63) is 47.2 Å². The van der Waals surface area contributed by atoms with Crippen molar-refractivity contribution < 1.29 is 33.4 Å². The van der Waals surface area contributed by atoms with Gasteiger partial charge in [-0.15, -0.1) is 0 Å². The van der Waals surface area contributed by atoms with Gasteiger partial charge in [-0.2, -0.15) is 10.4 Å². The molecule has 0 saturated heterocycles. The van der Waals surface area contributed by atoms with E-state index in [0.717, 1.165) is 14.2 Å². The normalized spacial score (nSPS) is 18.2. The third kappa shape index (κ3) is 5.28. The summed E-state index contributed by atoms with van der Waals surface area (Å²) in [5, 5.41) is 17.0. The van der Waals surface area contributed by atoms with E-state index in [4.69, 9.17) is 14.2 Å². The van der Waals surface area contributed by atoms with Gasteiger partial charge < -0.3 is 19.5 Å². The first-order valence-corrected chi connectivity index (χ1v) is 9.50. The molecular weight excluding hydrogens is 420 g/mol. The molecule has 11 nitrogen and oxygen atoms in total. The molecule has 11 heteroatoms. The van der Waals surface area contributed by atoms with Gasteiger partial charge in [-0.1, -0.05) is 30.3 Å². The van der Waals surface area contributed by atoms with E-state index in [1.54, 1.807) is 43.3 Å². The Morgan fingerprint density at radius 1 is 1.22 bits per heavy atom. The summed E-state index contributed by atoms with van der Waals surface area (Å²) in [5.74, 6) is -5.14. The van der Waals surface area contributed by atoms with Gasteiger partial charge in [0.1, 0.15) is 6.54 Å². The highest BCUT2D eigenvalue weighted by Gasteiger charge is 2.49. The van der Waals surface area contributed by atoms with Crippen LogP contribution < -0.4 is 5.32 Å². The Morgan fingerprint density at radius 3 is 2.47 bits per heavy atom. The van der Waals surface area contributed by atoms with Crippen molar-refractivity contribution in [2.24, 2.45) is 11.0 Å². The van der Waals surface area contributed by atoms with Gasteiger partial charge in [0.05, 0.1) is 44.4 Å². The fourth-order valence-corrected chi connectivity index (χ4v) is 2.96. The van der Waals surface area contributed by atoms with E-state index in [2.05, 4.69) is 10.4 Å². The molecule has 0 saturated carbocycles. The minimum Gasteiger partial charge on any atom is -0.467 e. The van der Waals surface area contributed by atoms with E-state index in [-0.39, 0.29) is 17.9 Å². The monoisotopic (exact) mass is 442 g/mol. The molecule has 0 radical (unpaired) electrons. The molecule has 0 aliphatic carbocycles. The van der Waals surface area contributed by atoms with Crippen LogP contribution in [0.3, 0.4) is 0 Å². The van der Waals surface area contributed by atoms with Crippen molar-refractivity contribution in [3.8, 4) is 6.07 Å². The summed E-state index contributed by atoms with van der Waals surface area (Å²) in [5.41, 5.74) is -0.0220. The number of ether oxygens (including phenoxy) is 3. The van der Waals surface area contributed by atoms with Gasteiger partial charge in [0.25, 0.3) is 5.91 Å². The van der Waals surface area contributed by atoms with Gasteiger partial charge in [0.15, 0.2) is 12.0 Å². The van der Waals surface area contributed by atoms with E-state index in [1.807, 2.05) is 0 Å². The Balaban J connectivity index is 2.61. The van der Waals surface area contributed by atoms with Crippen LogP contribution in [0.1, 0.15) is 12.5 Å².